The number of rotatable bonds is 6. The highest BCUT2D eigenvalue weighted by atomic mass is 16.1. The van der Waals surface area contributed by atoms with E-state index in [1.54, 1.807) is 6.92 Å². The number of aryl methyl sites for hydroxylation is 1. The molecule has 19 heavy (non-hydrogen) atoms. The van der Waals surface area contributed by atoms with E-state index in [-0.39, 0.29) is 5.78 Å². The third kappa shape index (κ3) is 4.25. The van der Waals surface area contributed by atoms with Crippen LogP contribution in [0.25, 0.3) is 0 Å². The van der Waals surface area contributed by atoms with Crippen molar-refractivity contribution < 1.29 is 4.79 Å². The first-order valence-electron chi connectivity index (χ1n) is 6.64. The molecule has 2 rings (SSSR count). The number of carbonyl (C=O) groups excluding carboxylic acids is 1. The molecule has 0 bridgehead atoms. The highest BCUT2D eigenvalue weighted by Crippen LogP contribution is 2.09. The molecule has 2 nitrogen and oxygen atoms in total. The monoisotopic (exact) mass is 253 g/mol. The van der Waals surface area contributed by atoms with Gasteiger partial charge >= 0.3 is 0 Å². The minimum atomic E-state index is 0.122. The second-order valence-corrected chi connectivity index (χ2v) is 4.65. The van der Waals surface area contributed by atoms with Crippen LogP contribution in [0, 0.1) is 0 Å². The molecule has 0 heterocycles. The lowest BCUT2D eigenvalue weighted by Gasteiger charge is -2.06. The van der Waals surface area contributed by atoms with Crippen LogP contribution >= 0.6 is 0 Å². The molecule has 2 aromatic carbocycles. The maximum Gasteiger partial charge on any atom is 0.159 e. The summed E-state index contributed by atoms with van der Waals surface area (Å²) in [6, 6.07) is 18.1. The summed E-state index contributed by atoms with van der Waals surface area (Å²) in [5.41, 5.74) is 3.22. The molecular weight excluding hydrogens is 234 g/mol. The standard InChI is InChI=1S/C17H19NO/c1-14(19)16-11-9-15(10-12-16)6-5-13-18-17-7-3-2-4-8-17/h2-4,7-12,18H,5-6,13H2,1H3. The summed E-state index contributed by atoms with van der Waals surface area (Å²) in [4.78, 5) is 11.2. The van der Waals surface area contributed by atoms with Crippen molar-refractivity contribution in [3.05, 3.63) is 65.7 Å². The predicted octanol–water partition coefficient (Wildman–Crippen LogP) is 3.93. The van der Waals surface area contributed by atoms with E-state index in [1.807, 2.05) is 42.5 Å². The molecule has 1 N–H and O–H groups in total. The van der Waals surface area contributed by atoms with Crippen molar-refractivity contribution in [2.75, 3.05) is 11.9 Å². The van der Waals surface area contributed by atoms with E-state index >= 15 is 0 Å². The lowest BCUT2D eigenvalue weighted by molar-refractivity contribution is 0.101. The molecule has 0 aromatic heterocycles. The fraction of sp³-hybridized carbons (Fsp3) is 0.235. The summed E-state index contributed by atoms with van der Waals surface area (Å²) in [5.74, 6) is 0.122. The van der Waals surface area contributed by atoms with Crippen LogP contribution in [0.2, 0.25) is 0 Å². The Morgan fingerprint density at radius 2 is 1.68 bits per heavy atom. The van der Waals surface area contributed by atoms with E-state index in [2.05, 4.69) is 17.4 Å². The fourth-order valence-electron chi connectivity index (χ4n) is 1.99. The van der Waals surface area contributed by atoms with Gasteiger partial charge in [0.25, 0.3) is 0 Å². The molecule has 0 aliphatic rings. The number of benzene rings is 2. The zero-order chi connectivity index (χ0) is 13.5. The SMILES string of the molecule is CC(=O)c1ccc(CCCNc2ccccc2)cc1. The molecule has 98 valence electrons. The largest absolute Gasteiger partial charge is 0.385 e. The maximum absolute atomic E-state index is 11.2. The molecule has 0 unspecified atom stereocenters. The summed E-state index contributed by atoms with van der Waals surface area (Å²) >= 11 is 0. The Kier molecular flexibility index (Phi) is 4.73. The molecule has 2 aromatic rings. The smallest absolute Gasteiger partial charge is 0.159 e. The summed E-state index contributed by atoms with van der Waals surface area (Å²) in [5, 5.41) is 3.39. The van der Waals surface area contributed by atoms with Gasteiger partial charge in [0.2, 0.25) is 0 Å². The van der Waals surface area contributed by atoms with Crippen LogP contribution in [0.15, 0.2) is 54.6 Å². The first kappa shape index (κ1) is 13.3. The molecular formula is C17H19NO. The zero-order valence-electron chi connectivity index (χ0n) is 11.2. The summed E-state index contributed by atoms with van der Waals surface area (Å²) in [6.45, 7) is 2.55. The maximum atomic E-state index is 11.2. The van der Waals surface area contributed by atoms with Crippen LogP contribution in [0.1, 0.15) is 29.3 Å². The lowest BCUT2D eigenvalue weighted by Crippen LogP contribution is -2.02. The fourth-order valence-corrected chi connectivity index (χ4v) is 1.99. The molecule has 0 aliphatic carbocycles. The second-order valence-electron chi connectivity index (χ2n) is 4.65. The van der Waals surface area contributed by atoms with Gasteiger partial charge in [-0.3, -0.25) is 4.79 Å². The zero-order valence-corrected chi connectivity index (χ0v) is 11.2. The Morgan fingerprint density at radius 3 is 2.32 bits per heavy atom. The molecule has 0 amide bonds. The van der Waals surface area contributed by atoms with Gasteiger partial charge in [-0.1, -0.05) is 42.5 Å². The number of anilines is 1. The van der Waals surface area contributed by atoms with Crippen molar-refractivity contribution in [3.63, 3.8) is 0 Å². The molecule has 0 saturated carbocycles. The third-order valence-corrected chi connectivity index (χ3v) is 3.11. The summed E-state index contributed by atoms with van der Waals surface area (Å²) in [7, 11) is 0. The average Bonchev–Trinajstić information content (AvgIpc) is 2.45. The van der Waals surface area contributed by atoms with E-state index < -0.39 is 0 Å². The molecule has 0 saturated heterocycles. The van der Waals surface area contributed by atoms with Gasteiger partial charge in [0.05, 0.1) is 0 Å². The van der Waals surface area contributed by atoms with E-state index in [4.69, 9.17) is 0 Å². The first-order chi connectivity index (χ1) is 9.25. The first-order valence-corrected chi connectivity index (χ1v) is 6.64. The Bertz CT molecular complexity index is 517. The van der Waals surface area contributed by atoms with Crippen LogP contribution in [0.4, 0.5) is 5.69 Å². The number of Topliss-reactive ketones (excluding diaryl/α,β-unsaturated/α-hetero) is 1. The van der Waals surface area contributed by atoms with E-state index in [9.17, 15) is 4.79 Å². The van der Waals surface area contributed by atoms with Gasteiger partial charge in [0.1, 0.15) is 0 Å². The Morgan fingerprint density at radius 1 is 1.00 bits per heavy atom. The van der Waals surface area contributed by atoms with Crippen LogP contribution in [-0.4, -0.2) is 12.3 Å². The van der Waals surface area contributed by atoms with Crippen molar-refractivity contribution in [2.24, 2.45) is 0 Å². The quantitative estimate of drug-likeness (QED) is 0.624. The van der Waals surface area contributed by atoms with Crippen LogP contribution in [0.3, 0.4) is 0 Å². The van der Waals surface area contributed by atoms with Crippen molar-refractivity contribution >= 4 is 11.5 Å². The van der Waals surface area contributed by atoms with Gasteiger partial charge in [-0.2, -0.15) is 0 Å². The minimum Gasteiger partial charge on any atom is -0.385 e. The van der Waals surface area contributed by atoms with Gasteiger partial charge in [-0.25, -0.2) is 0 Å². The summed E-state index contributed by atoms with van der Waals surface area (Å²) in [6.07, 6.45) is 2.10. The molecule has 0 radical (unpaired) electrons. The van der Waals surface area contributed by atoms with Crippen molar-refractivity contribution in [1.82, 2.24) is 0 Å². The average molecular weight is 253 g/mol. The Balaban J connectivity index is 1.75. The number of hydrogen-bond acceptors (Lipinski definition) is 2. The van der Waals surface area contributed by atoms with Gasteiger partial charge in [-0.15, -0.1) is 0 Å². The van der Waals surface area contributed by atoms with E-state index in [0.717, 1.165) is 30.6 Å². The highest BCUT2D eigenvalue weighted by molar-refractivity contribution is 5.93. The molecule has 0 atom stereocenters. The van der Waals surface area contributed by atoms with E-state index in [0.29, 0.717) is 0 Å². The molecule has 0 aliphatic heterocycles. The molecule has 2 heteroatoms. The summed E-state index contributed by atoms with van der Waals surface area (Å²) < 4.78 is 0. The predicted molar refractivity (Wildman–Crippen MR) is 79.7 cm³/mol. The van der Waals surface area contributed by atoms with Crippen molar-refractivity contribution in [1.29, 1.82) is 0 Å². The van der Waals surface area contributed by atoms with Gasteiger partial charge in [0.15, 0.2) is 5.78 Å². The Hall–Kier alpha value is -2.09. The van der Waals surface area contributed by atoms with Crippen LogP contribution in [-0.2, 0) is 6.42 Å². The van der Waals surface area contributed by atoms with Gasteiger partial charge in [-0.05, 0) is 37.5 Å². The second kappa shape index (κ2) is 6.74. The Labute approximate surface area is 114 Å². The minimum absolute atomic E-state index is 0.122. The lowest BCUT2D eigenvalue weighted by atomic mass is 10.1. The normalized spacial score (nSPS) is 10.2. The highest BCUT2D eigenvalue weighted by Gasteiger charge is 1.99. The number of hydrogen-bond donors (Lipinski definition) is 1. The third-order valence-electron chi connectivity index (χ3n) is 3.11. The van der Waals surface area contributed by atoms with Crippen LogP contribution < -0.4 is 5.32 Å². The van der Waals surface area contributed by atoms with Crippen LogP contribution in [0.5, 0.6) is 0 Å². The number of ketones is 1. The number of nitrogens with one attached hydrogen (secondary N) is 1. The molecule has 0 spiro atoms. The number of carbonyl (C=O) groups is 1. The number of para-hydroxylation sites is 1. The topological polar surface area (TPSA) is 29.1 Å². The van der Waals surface area contributed by atoms with Crippen molar-refractivity contribution in [3.8, 4) is 0 Å². The van der Waals surface area contributed by atoms with Crippen molar-refractivity contribution in [2.45, 2.75) is 19.8 Å². The van der Waals surface area contributed by atoms with E-state index in [1.165, 1.54) is 5.56 Å². The van der Waals surface area contributed by atoms with Gasteiger partial charge < -0.3 is 5.32 Å². The van der Waals surface area contributed by atoms with Gasteiger partial charge in [0, 0.05) is 17.8 Å². The molecule has 0 fully saturated rings.